The molecule has 3 N–H and O–H groups in total. The summed E-state index contributed by atoms with van der Waals surface area (Å²) in [6, 6.07) is 8.64. The van der Waals surface area contributed by atoms with Crippen molar-refractivity contribution in [2.75, 3.05) is 19.6 Å². The highest BCUT2D eigenvalue weighted by molar-refractivity contribution is 14.0. The van der Waals surface area contributed by atoms with Crippen LogP contribution in [-0.2, 0) is 25.0 Å². The number of oxazole rings is 1. The van der Waals surface area contributed by atoms with Gasteiger partial charge in [-0.15, -0.1) is 24.0 Å². The molecule has 8 heteroatoms. The lowest BCUT2D eigenvalue weighted by molar-refractivity contribution is 0.0792. The molecular weight excluding hydrogens is 517 g/mol. The van der Waals surface area contributed by atoms with Crippen LogP contribution in [0.4, 0.5) is 0 Å². The fraction of sp³-hybridized carbons (Fsp3) is 0.583. The summed E-state index contributed by atoms with van der Waals surface area (Å²) in [4.78, 5) is 11.5. The van der Waals surface area contributed by atoms with Crippen LogP contribution >= 0.6 is 24.0 Å². The fourth-order valence-electron chi connectivity index (χ4n) is 3.50. The summed E-state index contributed by atoms with van der Waals surface area (Å²) in [6.07, 6.45) is 3.42. The molecule has 1 aromatic carbocycles. The van der Waals surface area contributed by atoms with Crippen molar-refractivity contribution in [1.29, 1.82) is 0 Å². The summed E-state index contributed by atoms with van der Waals surface area (Å²) in [5.74, 6) is 2.28. The molecule has 32 heavy (non-hydrogen) atoms. The monoisotopic (exact) mass is 555 g/mol. The van der Waals surface area contributed by atoms with Crippen molar-refractivity contribution in [3.8, 4) is 0 Å². The number of aliphatic hydroxyl groups is 1. The third-order valence-electron chi connectivity index (χ3n) is 5.45. The van der Waals surface area contributed by atoms with Gasteiger partial charge in [0.05, 0.1) is 25.4 Å². The number of benzene rings is 1. The summed E-state index contributed by atoms with van der Waals surface area (Å²) in [7, 11) is 0. The lowest BCUT2D eigenvalue weighted by atomic mass is 9.94. The summed E-state index contributed by atoms with van der Waals surface area (Å²) < 4.78 is 5.85. The average Bonchev–Trinajstić information content (AvgIpc) is 3.22. The van der Waals surface area contributed by atoms with E-state index in [1.807, 2.05) is 0 Å². The van der Waals surface area contributed by atoms with Crippen LogP contribution in [0.1, 0.15) is 63.3 Å². The zero-order valence-corrected chi connectivity index (χ0v) is 22.1. The predicted molar refractivity (Wildman–Crippen MR) is 139 cm³/mol. The number of hydrogen-bond donors (Lipinski definition) is 3. The second kappa shape index (κ2) is 12.6. The first-order valence-corrected chi connectivity index (χ1v) is 11.3. The molecule has 1 fully saturated rings. The van der Waals surface area contributed by atoms with Gasteiger partial charge in [0.15, 0.2) is 5.96 Å². The average molecular weight is 556 g/mol. The highest BCUT2D eigenvalue weighted by atomic mass is 127. The molecule has 0 unspecified atom stereocenters. The van der Waals surface area contributed by atoms with E-state index in [4.69, 9.17) is 9.41 Å². The topological polar surface area (TPSA) is 85.9 Å². The molecule has 2 aromatic rings. The Hall–Kier alpha value is -1.65. The van der Waals surface area contributed by atoms with Crippen LogP contribution in [0.25, 0.3) is 0 Å². The van der Waals surface area contributed by atoms with Crippen molar-refractivity contribution in [3.63, 3.8) is 0 Å². The maximum Gasteiger partial charge on any atom is 0.213 e. The molecule has 0 saturated carbocycles. The molecule has 2 heterocycles. The highest BCUT2D eigenvalue weighted by Crippen LogP contribution is 2.22. The third-order valence-corrected chi connectivity index (χ3v) is 5.45. The number of piperidine rings is 1. The van der Waals surface area contributed by atoms with Crippen LogP contribution in [0.2, 0.25) is 0 Å². The Bertz CT molecular complexity index is 837. The van der Waals surface area contributed by atoms with E-state index in [1.54, 1.807) is 6.20 Å². The fourth-order valence-corrected chi connectivity index (χ4v) is 3.50. The van der Waals surface area contributed by atoms with E-state index in [0.717, 1.165) is 50.7 Å². The molecule has 0 bridgehead atoms. The Morgan fingerprint density at radius 2 is 1.81 bits per heavy atom. The van der Waals surface area contributed by atoms with Gasteiger partial charge in [-0.25, -0.2) is 9.98 Å². The maximum absolute atomic E-state index is 9.65. The normalized spacial score (nSPS) is 16.0. The molecule has 0 aliphatic carbocycles. The van der Waals surface area contributed by atoms with Gasteiger partial charge in [-0.3, -0.25) is 4.90 Å². The van der Waals surface area contributed by atoms with Crippen molar-refractivity contribution in [2.24, 2.45) is 4.99 Å². The molecule has 3 rings (SSSR count). The largest absolute Gasteiger partial charge is 0.443 e. The first-order chi connectivity index (χ1) is 14.8. The summed E-state index contributed by atoms with van der Waals surface area (Å²) in [6.45, 7) is 13.1. The van der Waals surface area contributed by atoms with E-state index in [2.05, 4.69) is 72.5 Å². The minimum atomic E-state index is -0.125. The van der Waals surface area contributed by atoms with Gasteiger partial charge < -0.3 is 20.2 Å². The lowest BCUT2D eigenvalue weighted by Crippen LogP contribution is -2.36. The van der Waals surface area contributed by atoms with Crippen LogP contribution < -0.4 is 10.6 Å². The standard InChI is InChI=1S/C24H37N5O2.HI/c1-5-25-23(28-16-22-26-15-21(31-22)24(2,3)4)27-14-18-6-8-19(9-7-18)17-29-12-10-20(30)11-13-29;/h6-9,15,20,30H,5,10-14,16-17H2,1-4H3,(H2,25,27,28);1H. The number of nitrogens with one attached hydrogen (secondary N) is 2. The van der Waals surface area contributed by atoms with Crippen molar-refractivity contribution < 1.29 is 9.52 Å². The SMILES string of the molecule is CCNC(=NCc1ccc(CN2CCC(O)CC2)cc1)NCc1ncc(C(C)(C)C)o1.I. The van der Waals surface area contributed by atoms with Crippen LogP contribution in [0.5, 0.6) is 0 Å². The van der Waals surface area contributed by atoms with Crippen molar-refractivity contribution in [3.05, 3.63) is 53.2 Å². The molecule has 0 amide bonds. The van der Waals surface area contributed by atoms with Gasteiger partial charge in [0.25, 0.3) is 0 Å². The number of guanidine groups is 1. The van der Waals surface area contributed by atoms with Gasteiger partial charge in [0, 0.05) is 31.6 Å². The Kier molecular flexibility index (Phi) is 10.4. The first kappa shape index (κ1) is 26.6. The number of halogens is 1. The van der Waals surface area contributed by atoms with Crippen molar-refractivity contribution in [2.45, 2.75) is 71.7 Å². The molecule has 1 aliphatic heterocycles. The molecule has 0 spiro atoms. The van der Waals surface area contributed by atoms with Crippen LogP contribution in [0, 0.1) is 0 Å². The minimum Gasteiger partial charge on any atom is -0.443 e. The smallest absolute Gasteiger partial charge is 0.213 e. The molecule has 178 valence electrons. The first-order valence-electron chi connectivity index (χ1n) is 11.3. The predicted octanol–water partition coefficient (Wildman–Crippen LogP) is 3.80. The number of aliphatic hydroxyl groups excluding tert-OH is 1. The molecular formula is C24H38IN5O2. The number of aliphatic imine (C=N–C) groups is 1. The lowest BCUT2D eigenvalue weighted by Gasteiger charge is -2.29. The molecule has 0 radical (unpaired) electrons. The molecule has 1 saturated heterocycles. The minimum absolute atomic E-state index is 0. The second-order valence-electron chi connectivity index (χ2n) is 9.24. The van der Waals surface area contributed by atoms with E-state index in [9.17, 15) is 5.11 Å². The van der Waals surface area contributed by atoms with Crippen LogP contribution in [0.3, 0.4) is 0 Å². The maximum atomic E-state index is 9.65. The van der Waals surface area contributed by atoms with Gasteiger partial charge in [0.2, 0.25) is 5.89 Å². The Balaban J connectivity index is 0.00000363. The quantitative estimate of drug-likeness (QED) is 0.274. The Morgan fingerprint density at radius 1 is 1.16 bits per heavy atom. The molecule has 0 atom stereocenters. The van der Waals surface area contributed by atoms with E-state index in [-0.39, 0.29) is 35.5 Å². The number of rotatable bonds is 7. The summed E-state index contributed by atoms with van der Waals surface area (Å²) in [5, 5.41) is 16.2. The number of aromatic nitrogens is 1. The van der Waals surface area contributed by atoms with Gasteiger partial charge in [-0.05, 0) is 30.9 Å². The highest BCUT2D eigenvalue weighted by Gasteiger charge is 2.19. The summed E-state index contributed by atoms with van der Waals surface area (Å²) >= 11 is 0. The van der Waals surface area contributed by atoms with Crippen LogP contribution in [-0.4, -0.2) is 46.7 Å². The number of nitrogens with zero attached hydrogens (tertiary/aromatic N) is 3. The zero-order valence-electron chi connectivity index (χ0n) is 19.7. The van der Waals surface area contributed by atoms with E-state index < -0.39 is 0 Å². The molecule has 1 aromatic heterocycles. The van der Waals surface area contributed by atoms with Gasteiger partial charge in [0.1, 0.15) is 5.76 Å². The Labute approximate surface area is 209 Å². The number of hydrogen-bond acceptors (Lipinski definition) is 5. The van der Waals surface area contributed by atoms with Crippen molar-refractivity contribution in [1.82, 2.24) is 20.5 Å². The second-order valence-corrected chi connectivity index (χ2v) is 9.24. The van der Waals surface area contributed by atoms with E-state index in [0.29, 0.717) is 19.0 Å². The Morgan fingerprint density at radius 3 is 2.41 bits per heavy atom. The van der Waals surface area contributed by atoms with Crippen molar-refractivity contribution >= 4 is 29.9 Å². The van der Waals surface area contributed by atoms with E-state index in [1.165, 1.54) is 11.1 Å². The molecule has 7 nitrogen and oxygen atoms in total. The molecule has 1 aliphatic rings. The van der Waals surface area contributed by atoms with Gasteiger partial charge in [-0.2, -0.15) is 0 Å². The van der Waals surface area contributed by atoms with Gasteiger partial charge >= 0.3 is 0 Å². The van der Waals surface area contributed by atoms with Crippen LogP contribution in [0.15, 0.2) is 39.9 Å². The number of likely N-dealkylation sites (tertiary alicyclic amines) is 1. The summed E-state index contributed by atoms with van der Waals surface area (Å²) in [5.41, 5.74) is 2.42. The third kappa shape index (κ3) is 8.37. The van der Waals surface area contributed by atoms with E-state index >= 15 is 0 Å². The van der Waals surface area contributed by atoms with Gasteiger partial charge in [-0.1, -0.05) is 45.0 Å². The zero-order chi connectivity index (χ0) is 22.3.